The minimum Gasteiger partial charge on any atom is -0.466 e. The van der Waals surface area contributed by atoms with Crippen LogP contribution < -0.4 is 0 Å². The molecule has 1 aromatic carbocycles. The Balaban J connectivity index is 0.00000676. The SMILES string of the molecule is CCOC(=O)CC(c1cc(F)ccc1Br)C(C(=O)OCC)C(=O)OCC.[Na]. The number of ether oxygens (including phenoxy) is 3. The predicted octanol–water partition coefficient (Wildman–Crippen LogP) is 2.99. The van der Waals surface area contributed by atoms with Crippen molar-refractivity contribution in [2.24, 2.45) is 5.92 Å². The van der Waals surface area contributed by atoms with Crippen molar-refractivity contribution < 1.29 is 33.0 Å². The van der Waals surface area contributed by atoms with Gasteiger partial charge in [0.15, 0.2) is 5.92 Å². The van der Waals surface area contributed by atoms with Crippen molar-refractivity contribution in [3.8, 4) is 0 Å². The second-order valence-electron chi connectivity index (χ2n) is 5.26. The van der Waals surface area contributed by atoms with Crippen LogP contribution in [0.1, 0.15) is 38.7 Å². The number of carbonyl (C=O) groups is 3. The summed E-state index contributed by atoms with van der Waals surface area (Å²) in [6.07, 6.45) is -0.307. The third-order valence-electron chi connectivity index (χ3n) is 3.53. The molecule has 0 saturated heterocycles. The summed E-state index contributed by atoms with van der Waals surface area (Å²) in [6, 6.07) is 3.83. The number of hydrogen-bond donors (Lipinski definition) is 0. The first kappa shape index (κ1) is 26.0. The topological polar surface area (TPSA) is 78.9 Å². The van der Waals surface area contributed by atoms with Crippen LogP contribution in [0.3, 0.4) is 0 Å². The Labute approximate surface area is 188 Å². The normalized spacial score (nSPS) is 11.3. The van der Waals surface area contributed by atoms with Gasteiger partial charge in [-0.25, -0.2) is 4.39 Å². The second-order valence-corrected chi connectivity index (χ2v) is 6.12. The van der Waals surface area contributed by atoms with E-state index in [1.807, 2.05) is 0 Å². The van der Waals surface area contributed by atoms with Crippen LogP contribution in [0.15, 0.2) is 22.7 Å². The molecule has 1 aromatic rings. The predicted molar refractivity (Wildman–Crippen MR) is 101 cm³/mol. The van der Waals surface area contributed by atoms with Gasteiger partial charge in [-0.05, 0) is 44.5 Å². The maximum absolute atomic E-state index is 13.8. The van der Waals surface area contributed by atoms with Crippen LogP contribution in [0, 0.1) is 11.7 Å². The van der Waals surface area contributed by atoms with E-state index in [1.165, 1.54) is 18.2 Å². The van der Waals surface area contributed by atoms with E-state index in [0.717, 1.165) is 0 Å². The van der Waals surface area contributed by atoms with Gasteiger partial charge >= 0.3 is 17.9 Å². The van der Waals surface area contributed by atoms with Gasteiger partial charge in [0, 0.05) is 39.9 Å². The van der Waals surface area contributed by atoms with Crippen molar-refractivity contribution in [2.45, 2.75) is 33.1 Å². The molecule has 1 rings (SSSR count). The van der Waals surface area contributed by atoms with Crippen LogP contribution in [0.5, 0.6) is 0 Å². The van der Waals surface area contributed by atoms with Gasteiger partial charge in [0.05, 0.1) is 26.2 Å². The largest absolute Gasteiger partial charge is 0.466 e. The fourth-order valence-corrected chi connectivity index (χ4v) is 3.04. The molecule has 0 bridgehead atoms. The molecule has 1 atom stereocenters. The van der Waals surface area contributed by atoms with E-state index in [1.54, 1.807) is 20.8 Å². The summed E-state index contributed by atoms with van der Waals surface area (Å²) in [5, 5.41) is 0. The molecule has 0 aromatic heterocycles. The van der Waals surface area contributed by atoms with Crippen molar-refractivity contribution in [3.05, 3.63) is 34.1 Å². The van der Waals surface area contributed by atoms with Crippen molar-refractivity contribution in [1.29, 1.82) is 0 Å². The quantitative estimate of drug-likeness (QED) is 0.246. The summed E-state index contributed by atoms with van der Waals surface area (Å²) >= 11 is 3.28. The van der Waals surface area contributed by atoms with Gasteiger partial charge in [-0.3, -0.25) is 14.4 Å². The van der Waals surface area contributed by atoms with Crippen LogP contribution >= 0.6 is 15.9 Å². The monoisotopic (exact) mass is 455 g/mol. The molecule has 0 N–H and O–H groups in total. The zero-order chi connectivity index (χ0) is 19.7. The molecule has 145 valence electrons. The molecule has 9 heteroatoms. The van der Waals surface area contributed by atoms with E-state index in [4.69, 9.17) is 14.2 Å². The summed E-state index contributed by atoms with van der Waals surface area (Å²) in [4.78, 5) is 36.9. The van der Waals surface area contributed by atoms with Crippen molar-refractivity contribution in [1.82, 2.24) is 0 Å². The first-order valence-corrected chi connectivity index (χ1v) is 9.08. The van der Waals surface area contributed by atoms with Crippen LogP contribution in [-0.4, -0.2) is 67.3 Å². The Hall–Kier alpha value is -0.960. The molecular formula is C18H22BrFNaO6. The van der Waals surface area contributed by atoms with Gasteiger partial charge < -0.3 is 14.2 Å². The first-order valence-electron chi connectivity index (χ1n) is 8.29. The van der Waals surface area contributed by atoms with E-state index in [-0.39, 0.29) is 61.4 Å². The first-order chi connectivity index (χ1) is 12.3. The molecule has 0 fully saturated rings. The summed E-state index contributed by atoms with van der Waals surface area (Å²) in [7, 11) is 0. The van der Waals surface area contributed by atoms with E-state index < -0.39 is 35.6 Å². The zero-order valence-corrected chi connectivity index (χ0v) is 19.5. The van der Waals surface area contributed by atoms with Crippen molar-refractivity contribution >= 4 is 63.4 Å². The Kier molecular flexibility index (Phi) is 12.8. The molecular weight excluding hydrogens is 434 g/mol. The molecule has 1 radical (unpaired) electrons. The van der Waals surface area contributed by atoms with Gasteiger partial charge in [-0.15, -0.1) is 0 Å². The molecule has 0 aliphatic rings. The summed E-state index contributed by atoms with van der Waals surface area (Å²) in [5.74, 6) is -5.28. The minimum atomic E-state index is -1.42. The van der Waals surface area contributed by atoms with Crippen LogP contribution in [0.4, 0.5) is 4.39 Å². The molecule has 0 spiro atoms. The summed E-state index contributed by atoms with van der Waals surface area (Å²) < 4.78 is 29.1. The minimum absolute atomic E-state index is 0. The average Bonchev–Trinajstić information content (AvgIpc) is 2.57. The fraction of sp³-hybridized carbons (Fsp3) is 0.500. The Morgan fingerprint density at radius 2 is 1.52 bits per heavy atom. The average molecular weight is 456 g/mol. The van der Waals surface area contributed by atoms with Gasteiger partial charge in [0.25, 0.3) is 0 Å². The van der Waals surface area contributed by atoms with Crippen molar-refractivity contribution in [3.63, 3.8) is 0 Å². The van der Waals surface area contributed by atoms with E-state index >= 15 is 0 Å². The van der Waals surface area contributed by atoms with Crippen LogP contribution in [0.25, 0.3) is 0 Å². The number of esters is 3. The van der Waals surface area contributed by atoms with Gasteiger partial charge in [-0.2, -0.15) is 0 Å². The van der Waals surface area contributed by atoms with Crippen LogP contribution in [0.2, 0.25) is 0 Å². The summed E-state index contributed by atoms with van der Waals surface area (Å²) in [5.41, 5.74) is 0.282. The molecule has 0 amide bonds. The standard InChI is InChI=1S/C18H22BrFO6.Na/c1-4-24-15(21)10-13(12-9-11(20)7-8-14(12)19)16(17(22)25-5-2)18(23)26-6-3;/h7-9,13,16H,4-6,10H2,1-3H3;. The van der Waals surface area contributed by atoms with Gasteiger partial charge in [0.2, 0.25) is 0 Å². The second kappa shape index (κ2) is 13.3. The third-order valence-corrected chi connectivity index (χ3v) is 4.26. The molecule has 0 heterocycles. The molecule has 6 nitrogen and oxygen atoms in total. The van der Waals surface area contributed by atoms with Crippen LogP contribution in [-0.2, 0) is 28.6 Å². The molecule has 0 aliphatic carbocycles. The van der Waals surface area contributed by atoms with Crippen molar-refractivity contribution in [2.75, 3.05) is 19.8 Å². The summed E-state index contributed by atoms with van der Waals surface area (Å²) in [6.45, 7) is 5.06. The Bertz CT molecular complexity index is 637. The van der Waals surface area contributed by atoms with E-state index in [0.29, 0.717) is 4.47 Å². The van der Waals surface area contributed by atoms with Gasteiger partial charge in [0.1, 0.15) is 5.82 Å². The number of hydrogen-bond acceptors (Lipinski definition) is 6. The molecule has 0 saturated carbocycles. The maximum Gasteiger partial charge on any atom is 0.320 e. The number of benzene rings is 1. The number of carbonyl (C=O) groups excluding carboxylic acids is 3. The van der Waals surface area contributed by atoms with Gasteiger partial charge in [-0.1, -0.05) is 15.9 Å². The zero-order valence-electron chi connectivity index (χ0n) is 15.9. The smallest absolute Gasteiger partial charge is 0.320 e. The fourth-order valence-electron chi connectivity index (χ4n) is 2.49. The Morgan fingerprint density at radius 3 is 2.00 bits per heavy atom. The third kappa shape index (κ3) is 7.89. The molecule has 1 unspecified atom stereocenters. The van der Waals surface area contributed by atoms with E-state index in [2.05, 4.69) is 15.9 Å². The van der Waals surface area contributed by atoms with E-state index in [9.17, 15) is 18.8 Å². The number of halogens is 2. The maximum atomic E-state index is 13.8. The molecule has 27 heavy (non-hydrogen) atoms. The number of rotatable bonds is 9. The molecule has 0 aliphatic heterocycles. The Morgan fingerprint density at radius 1 is 1.00 bits per heavy atom.